The summed E-state index contributed by atoms with van der Waals surface area (Å²) in [5.41, 5.74) is 2.72. The van der Waals surface area contributed by atoms with Gasteiger partial charge in [-0.05, 0) is 36.4 Å². The van der Waals surface area contributed by atoms with Gasteiger partial charge in [0.1, 0.15) is 18.2 Å². The lowest BCUT2D eigenvalue weighted by molar-refractivity contribution is 0.0953. The molecule has 4 nitrogen and oxygen atoms in total. The fourth-order valence-corrected chi connectivity index (χ4v) is 1.83. The summed E-state index contributed by atoms with van der Waals surface area (Å²) in [4.78, 5) is 11.2. The number of amides is 1. The number of nitrogens with two attached hydrogens (primary N) is 1. The van der Waals surface area contributed by atoms with Gasteiger partial charge in [-0.15, -0.1) is 0 Å². The summed E-state index contributed by atoms with van der Waals surface area (Å²) in [6.45, 7) is 0.00788. The summed E-state index contributed by atoms with van der Waals surface area (Å²) in [7, 11) is 0. The highest BCUT2D eigenvalue weighted by atomic mass is 35.5. The molecule has 6 heteroatoms. The van der Waals surface area contributed by atoms with Crippen molar-refractivity contribution in [3.05, 3.63) is 64.4 Å². The van der Waals surface area contributed by atoms with Crippen LogP contribution in [0.5, 0.6) is 5.75 Å². The first-order valence-electron chi connectivity index (χ1n) is 5.78. The zero-order chi connectivity index (χ0) is 14.5. The number of nitrogen functional groups attached to an aromatic ring is 1. The zero-order valence-corrected chi connectivity index (χ0v) is 11.2. The number of ether oxygens (including phenoxy) is 1. The first kappa shape index (κ1) is 14.3. The van der Waals surface area contributed by atoms with Crippen LogP contribution in [0.25, 0.3) is 0 Å². The second kappa shape index (κ2) is 6.36. The minimum atomic E-state index is -0.420. The topological polar surface area (TPSA) is 64.3 Å². The van der Waals surface area contributed by atoms with Gasteiger partial charge in [0.15, 0.2) is 0 Å². The second-order valence-electron chi connectivity index (χ2n) is 3.99. The van der Waals surface area contributed by atoms with Crippen LogP contribution in [0.2, 0.25) is 5.02 Å². The zero-order valence-electron chi connectivity index (χ0n) is 10.4. The minimum Gasteiger partial charge on any atom is -0.489 e. The summed E-state index contributed by atoms with van der Waals surface area (Å²) in [6, 6.07) is 10.7. The Bertz CT molecular complexity index is 597. The molecule has 0 heterocycles. The lowest BCUT2D eigenvalue weighted by Gasteiger charge is -2.09. The number of hydrogen-bond acceptors (Lipinski definition) is 3. The van der Waals surface area contributed by atoms with Crippen LogP contribution in [0, 0.1) is 5.82 Å². The monoisotopic (exact) mass is 294 g/mol. The van der Waals surface area contributed by atoms with Crippen molar-refractivity contribution >= 4 is 17.5 Å². The number of rotatable bonds is 4. The van der Waals surface area contributed by atoms with E-state index in [2.05, 4.69) is 0 Å². The molecule has 3 N–H and O–H groups in total. The number of hydrogen-bond donors (Lipinski definition) is 2. The minimum absolute atomic E-state index is 0.00788. The van der Waals surface area contributed by atoms with Crippen molar-refractivity contribution in [3.8, 4) is 5.75 Å². The molecule has 0 bridgehead atoms. The number of carbonyl (C=O) groups excluding carboxylic acids is 1. The molecule has 0 aliphatic heterocycles. The van der Waals surface area contributed by atoms with Gasteiger partial charge in [-0.2, -0.15) is 0 Å². The molecule has 0 atom stereocenters. The van der Waals surface area contributed by atoms with Crippen LogP contribution in [0.1, 0.15) is 15.9 Å². The van der Waals surface area contributed by atoms with Crippen molar-refractivity contribution in [2.24, 2.45) is 5.84 Å². The number of nitrogens with one attached hydrogen (secondary N) is 1. The van der Waals surface area contributed by atoms with Gasteiger partial charge in [0.25, 0.3) is 5.91 Å². The van der Waals surface area contributed by atoms with Crippen LogP contribution < -0.4 is 16.0 Å². The quantitative estimate of drug-likeness (QED) is 0.518. The Labute approximate surface area is 120 Å². The number of hydrazine groups is 1. The number of carbonyl (C=O) groups is 1. The lowest BCUT2D eigenvalue weighted by atomic mass is 10.2. The van der Waals surface area contributed by atoms with Gasteiger partial charge in [-0.1, -0.05) is 17.7 Å². The summed E-state index contributed by atoms with van der Waals surface area (Å²) in [5.74, 6) is 4.71. The Morgan fingerprint density at radius 3 is 2.55 bits per heavy atom. The molecule has 2 aromatic rings. The largest absolute Gasteiger partial charge is 0.489 e. The van der Waals surface area contributed by atoms with E-state index in [1.807, 2.05) is 5.43 Å². The normalized spacial score (nSPS) is 10.2. The maximum absolute atomic E-state index is 13.5. The molecule has 0 unspecified atom stereocenters. The highest BCUT2D eigenvalue weighted by Crippen LogP contribution is 2.21. The van der Waals surface area contributed by atoms with E-state index in [9.17, 15) is 9.18 Å². The van der Waals surface area contributed by atoms with Gasteiger partial charge in [0, 0.05) is 11.1 Å². The van der Waals surface area contributed by atoms with E-state index in [-0.39, 0.29) is 12.2 Å². The van der Waals surface area contributed by atoms with Gasteiger partial charge < -0.3 is 4.74 Å². The summed E-state index contributed by atoms with van der Waals surface area (Å²) >= 11 is 5.89. The Kier molecular flexibility index (Phi) is 4.55. The van der Waals surface area contributed by atoms with Crippen LogP contribution in [-0.2, 0) is 6.61 Å². The molecule has 0 aromatic heterocycles. The Morgan fingerprint density at radius 2 is 1.95 bits per heavy atom. The fraction of sp³-hybridized carbons (Fsp3) is 0.0714. The van der Waals surface area contributed by atoms with Gasteiger partial charge in [0.2, 0.25) is 0 Å². The molecule has 0 saturated heterocycles. The van der Waals surface area contributed by atoms with E-state index in [0.717, 1.165) is 0 Å². The average molecular weight is 295 g/mol. The van der Waals surface area contributed by atoms with Crippen LogP contribution in [-0.4, -0.2) is 5.91 Å². The summed E-state index contributed by atoms with van der Waals surface area (Å²) in [6.07, 6.45) is 0. The molecule has 20 heavy (non-hydrogen) atoms. The van der Waals surface area contributed by atoms with Crippen molar-refractivity contribution < 1.29 is 13.9 Å². The van der Waals surface area contributed by atoms with Gasteiger partial charge in [0.05, 0.1) is 5.02 Å². The van der Waals surface area contributed by atoms with E-state index >= 15 is 0 Å². The van der Waals surface area contributed by atoms with E-state index in [1.54, 1.807) is 30.3 Å². The standard InChI is InChI=1S/C14H12ClFN2O2/c15-12-2-1-3-13(16)11(12)8-20-10-6-4-9(5-7-10)14(19)18-17/h1-7H,8,17H2,(H,18,19). The van der Waals surface area contributed by atoms with Crippen molar-refractivity contribution in [1.29, 1.82) is 0 Å². The van der Waals surface area contributed by atoms with Crippen molar-refractivity contribution in [2.75, 3.05) is 0 Å². The van der Waals surface area contributed by atoms with Crippen LogP contribution in [0.15, 0.2) is 42.5 Å². The first-order valence-corrected chi connectivity index (χ1v) is 6.16. The van der Waals surface area contributed by atoms with Gasteiger partial charge >= 0.3 is 0 Å². The highest BCUT2D eigenvalue weighted by molar-refractivity contribution is 6.31. The molecule has 0 radical (unpaired) electrons. The molecule has 0 aliphatic rings. The number of benzene rings is 2. The van der Waals surface area contributed by atoms with Crippen LogP contribution >= 0.6 is 11.6 Å². The molecule has 1 amide bonds. The second-order valence-corrected chi connectivity index (χ2v) is 4.39. The molecule has 104 valence electrons. The third-order valence-corrected chi connectivity index (χ3v) is 3.05. The average Bonchev–Trinajstić information content (AvgIpc) is 2.46. The SMILES string of the molecule is NNC(=O)c1ccc(OCc2c(F)cccc2Cl)cc1. The van der Waals surface area contributed by atoms with Crippen LogP contribution in [0.4, 0.5) is 4.39 Å². The smallest absolute Gasteiger partial charge is 0.265 e. The van der Waals surface area contributed by atoms with E-state index in [4.69, 9.17) is 22.2 Å². The molecule has 0 spiro atoms. The predicted molar refractivity (Wildman–Crippen MR) is 73.8 cm³/mol. The Hall–Kier alpha value is -2.11. The maximum Gasteiger partial charge on any atom is 0.265 e. The Balaban J connectivity index is 2.06. The van der Waals surface area contributed by atoms with Crippen molar-refractivity contribution in [3.63, 3.8) is 0 Å². The highest BCUT2D eigenvalue weighted by Gasteiger charge is 2.08. The fourth-order valence-electron chi connectivity index (χ4n) is 1.61. The molecule has 0 saturated carbocycles. The van der Waals surface area contributed by atoms with Crippen LogP contribution in [0.3, 0.4) is 0 Å². The third kappa shape index (κ3) is 3.26. The predicted octanol–water partition coefficient (Wildman–Crippen LogP) is 2.66. The molecule has 2 aromatic carbocycles. The van der Waals surface area contributed by atoms with Crippen molar-refractivity contribution in [1.82, 2.24) is 5.43 Å². The van der Waals surface area contributed by atoms with E-state index < -0.39 is 11.7 Å². The lowest BCUT2D eigenvalue weighted by Crippen LogP contribution is -2.29. The van der Waals surface area contributed by atoms with E-state index in [1.165, 1.54) is 12.1 Å². The van der Waals surface area contributed by atoms with E-state index in [0.29, 0.717) is 16.3 Å². The molecular weight excluding hydrogens is 283 g/mol. The molecule has 2 rings (SSSR count). The van der Waals surface area contributed by atoms with Crippen molar-refractivity contribution in [2.45, 2.75) is 6.61 Å². The maximum atomic E-state index is 13.5. The van der Waals surface area contributed by atoms with Gasteiger partial charge in [-0.3, -0.25) is 10.2 Å². The third-order valence-electron chi connectivity index (χ3n) is 2.69. The molecule has 0 aliphatic carbocycles. The molecular formula is C14H12ClFN2O2. The number of halogens is 2. The molecule has 0 fully saturated rings. The van der Waals surface area contributed by atoms with Gasteiger partial charge in [-0.25, -0.2) is 10.2 Å². The first-order chi connectivity index (χ1) is 9.61. The summed E-state index contributed by atoms with van der Waals surface area (Å²) in [5, 5.41) is 0.309. The summed E-state index contributed by atoms with van der Waals surface area (Å²) < 4.78 is 19.0. The Morgan fingerprint density at radius 1 is 1.25 bits per heavy atom.